The van der Waals surface area contributed by atoms with E-state index in [0.717, 1.165) is 5.56 Å². The van der Waals surface area contributed by atoms with Crippen LogP contribution in [0.4, 0.5) is 5.69 Å². The molecule has 5 nitrogen and oxygen atoms in total. The van der Waals surface area contributed by atoms with E-state index in [0.29, 0.717) is 16.3 Å². The van der Waals surface area contributed by atoms with Crippen LogP contribution < -0.4 is 0 Å². The largest absolute Gasteiger partial charge is 0.507 e. The summed E-state index contributed by atoms with van der Waals surface area (Å²) < 4.78 is 0. The summed E-state index contributed by atoms with van der Waals surface area (Å²) in [6.45, 7) is 1.92. The first-order valence-corrected chi connectivity index (χ1v) is 7.02. The summed E-state index contributed by atoms with van der Waals surface area (Å²) in [5.41, 5.74) is 1.49. The number of carbonyl (C=O) groups excluding carboxylic acids is 1. The Balaban J connectivity index is 1.96. The first-order chi connectivity index (χ1) is 11.1. The van der Waals surface area contributed by atoms with Crippen LogP contribution in [0.25, 0.3) is 10.8 Å². The molecule has 2 N–H and O–H groups in total. The van der Waals surface area contributed by atoms with Crippen LogP contribution in [0.5, 0.6) is 11.5 Å². The van der Waals surface area contributed by atoms with Crippen molar-refractivity contribution in [2.45, 2.75) is 6.92 Å². The van der Waals surface area contributed by atoms with E-state index in [1.807, 2.05) is 19.1 Å². The Morgan fingerprint density at radius 2 is 1.61 bits per heavy atom. The molecule has 1 amide bonds. The van der Waals surface area contributed by atoms with Crippen molar-refractivity contribution >= 4 is 22.4 Å². The van der Waals surface area contributed by atoms with Gasteiger partial charge in [0.05, 0.1) is 0 Å². The van der Waals surface area contributed by atoms with Crippen molar-refractivity contribution < 1.29 is 15.0 Å². The molecule has 0 radical (unpaired) electrons. The first-order valence-electron chi connectivity index (χ1n) is 7.02. The maximum atomic E-state index is 12.0. The quantitative estimate of drug-likeness (QED) is 0.541. The molecule has 5 heteroatoms. The number of rotatable bonds is 2. The van der Waals surface area contributed by atoms with E-state index in [1.54, 1.807) is 36.4 Å². The van der Waals surface area contributed by atoms with Crippen LogP contribution in [0, 0.1) is 6.92 Å². The summed E-state index contributed by atoms with van der Waals surface area (Å²) in [5, 5.41) is 28.6. The van der Waals surface area contributed by atoms with Gasteiger partial charge >= 0.3 is 0 Å². The molecule has 0 unspecified atom stereocenters. The Morgan fingerprint density at radius 3 is 2.30 bits per heavy atom. The normalized spacial score (nSPS) is 11.2. The Hall–Kier alpha value is -3.21. The number of hydrogen-bond acceptors (Lipinski definition) is 4. The first kappa shape index (κ1) is 14.7. The minimum absolute atomic E-state index is 0.0323. The molecule has 0 aliphatic heterocycles. The number of fused-ring (bicyclic) bond motifs is 1. The van der Waals surface area contributed by atoms with Crippen LogP contribution in [0.2, 0.25) is 0 Å². The Kier molecular flexibility index (Phi) is 3.76. The summed E-state index contributed by atoms with van der Waals surface area (Å²) in [5.74, 6) is -0.675. The number of amides is 1. The molecule has 0 heterocycles. The minimum Gasteiger partial charge on any atom is -0.507 e. The summed E-state index contributed by atoms with van der Waals surface area (Å²) in [6, 6.07) is 15.0. The predicted octanol–water partition coefficient (Wildman–Crippen LogP) is 4.48. The molecular formula is C18H14N2O3. The van der Waals surface area contributed by atoms with Gasteiger partial charge in [0.15, 0.2) is 5.75 Å². The number of phenolic OH excluding ortho intramolecular Hbond substituents is 2. The second-order valence-corrected chi connectivity index (χ2v) is 5.18. The number of aryl methyl sites for hydroxylation is 1. The van der Waals surface area contributed by atoms with Crippen molar-refractivity contribution in [1.82, 2.24) is 0 Å². The molecule has 0 bridgehead atoms. The molecule has 0 atom stereocenters. The maximum Gasteiger partial charge on any atom is 0.295 e. The van der Waals surface area contributed by atoms with Crippen LogP contribution in [0.3, 0.4) is 0 Å². The number of nitrogens with zero attached hydrogens (tertiary/aromatic N) is 2. The molecule has 3 aromatic carbocycles. The fourth-order valence-corrected chi connectivity index (χ4v) is 2.26. The number of carbonyl (C=O) groups is 1. The third kappa shape index (κ3) is 2.89. The number of benzene rings is 3. The number of aromatic hydroxyl groups is 2. The van der Waals surface area contributed by atoms with E-state index in [2.05, 4.69) is 10.2 Å². The van der Waals surface area contributed by atoms with Gasteiger partial charge in [0.1, 0.15) is 11.4 Å². The van der Waals surface area contributed by atoms with Crippen molar-refractivity contribution in [1.29, 1.82) is 0 Å². The van der Waals surface area contributed by atoms with Gasteiger partial charge in [-0.15, -0.1) is 10.2 Å². The van der Waals surface area contributed by atoms with E-state index in [1.165, 1.54) is 6.07 Å². The number of phenols is 2. The van der Waals surface area contributed by atoms with E-state index >= 15 is 0 Å². The highest BCUT2D eigenvalue weighted by molar-refractivity contribution is 5.97. The second kappa shape index (κ2) is 5.88. The van der Waals surface area contributed by atoms with Crippen molar-refractivity contribution in [2.24, 2.45) is 10.2 Å². The average molecular weight is 306 g/mol. The van der Waals surface area contributed by atoms with E-state index in [4.69, 9.17) is 0 Å². The van der Waals surface area contributed by atoms with Crippen LogP contribution in [-0.2, 0) is 0 Å². The smallest absolute Gasteiger partial charge is 0.295 e. The van der Waals surface area contributed by atoms with E-state index in [9.17, 15) is 15.0 Å². The molecule has 23 heavy (non-hydrogen) atoms. The number of azo groups is 1. The van der Waals surface area contributed by atoms with Gasteiger partial charge in [-0.25, -0.2) is 0 Å². The Morgan fingerprint density at radius 1 is 0.957 bits per heavy atom. The molecule has 3 aromatic rings. The molecule has 0 fully saturated rings. The lowest BCUT2D eigenvalue weighted by atomic mass is 10.1. The molecule has 0 saturated carbocycles. The van der Waals surface area contributed by atoms with Crippen LogP contribution in [0.15, 0.2) is 64.8 Å². The van der Waals surface area contributed by atoms with Crippen LogP contribution >= 0.6 is 0 Å². The SMILES string of the molecule is Cc1ccc(C(=O)N=Nc2cc(O)c3ccccc3c2O)cc1. The molecule has 114 valence electrons. The highest BCUT2D eigenvalue weighted by Crippen LogP contribution is 2.40. The van der Waals surface area contributed by atoms with Crippen molar-refractivity contribution in [3.8, 4) is 11.5 Å². The Bertz CT molecular complexity index is 915. The zero-order valence-electron chi connectivity index (χ0n) is 12.4. The summed E-state index contributed by atoms with van der Waals surface area (Å²) in [4.78, 5) is 12.0. The average Bonchev–Trinajstić information content (AvgIpc) is 2.57. The molecule has 0 aromatic heterocycles. The highest BCUT2D eigenvalue weighted by Gasteiger charge is 2.11. The van der Waals surface area contributed by atoms with E-state index < -0.39 is 5.91 Å². The van der Waals surface area contributed by atoms with Gasteiger partial charge in [0.25, 0.3) is 5.91 Å². The zero-order valence-corrected chi connectivity index (χ0v) is 12.4. The van der Waals surface area contributed by atoms with Gasteiger partial charge in [0.2, 0.25) is 0 Å². The lowest BCUT2D eigenvalue weighted by molar-refractivity contribution is 0.0995. The molecule has 3 rings (SSSR count). The van der Waals surface area contributed by atoms with Gasteiger partial charge in [-0.1, -0.05) is 42.0 Å². The number of hydrogen-bond donors (Lipinski definition) is 2. The third-order valence-electron chi connectivity index (χ3n) is 3.52. The van der Waals surface area contributed by atoms with Crippen molar-refractivity contribution in [3.05, 3.63) is 65.7 Å². The van der Waals surface area contributed by atoms with Crippen molar-refractivity contribution in [2.75, 3.05) is 0 Å². The third-order valence-corrected chi connectivity index (χ3v) is 3.52. The standard InChI is InChI=1S/C18H14N2O3/c1-11-6-8-12(9-7-11)18(23)20-19-15-10-16(21)13-4-2-3-5-14(13)17(15)22/h2-10,21-22H,1H3. The maximum absolute atomic E-state index is 12.0. The van der Waals surface area contributed by atoms with Crippen molar-refractivity contribution in [3.63, 3.8) is 0 Å². The molecular weight excluding hydrogens is 292 g/mol. The fourth-order valence-electron chi connectivity index (χ4n) is 2.26. The monoisotopic (exact) mass is 306 g/mol. The van der Waals surface area contributed by atoms with Crippen LogP contribution in [-0.4, -0.2) is 16.1 Å². The van der Waals surface area contributed by atoms with Gasteiger partial charge in [-0.2, -0.15) is 0 Å². The molecule has 0 saturated heterocycles. The highest BCUT2D eigenvalue weighted by atomic mass is 16.3. The second-order valence-electron chi connectivity index (χ2n) is 5.18. The summed E-state index contributed by atoms with van der Waals surface area (Å²) in [7, 11) is 0. The van der Waals surface area contributed by atoms with Gasteiger partial charge in [-0.05, 0) is 19.1 Å². The lowest BCUT2D eigenvalue weighted by Gasteiger charge is -2.05. The van der Waals surface area contributed by atoms with Gasteiger partial charge < -0.3 is 10.2 Å². The minimum atomic E-state index is -0.517. The molecule has 0 spiro atoms. The zero-order chi connectivity index (χ0) is 16.4. The lowest BCUT2D eigenvalue weighted by Crippen LogP contribution is -1.93. The topological polar surface area (TPSA) is 82.2 Å². The Labute approximate surface area is 132 Å². The van der Waals surface area contributed by atoms with Crippen LogP contribution in [0.1, 0.15) is 15.9 Å². The molecule has 0 aliphatic rings. The fraction of sp³-hybridized carbons (Fsp3) is 0.0556. The van der Waals surface area contributed by atoms with Gasteiger partial charge in [0, 0.05) is 22.4 Å². The van der Waals surface area contributed by atoms with E-state index in [-0.39, 0.29) is 17.2 Å². The predicted molar refractivity (Wildman–Crippen MR) is 87.3 cm³/mol. The van der Waals surface area contributed by atoms with Gasteiger partial charge in [-0.3, -0.25) is 4.79 Å². The summed E-state index contributed by atoms with van der Waals surface area (Å²) in [6.07, 6.45) is 0. The summed E-state index contributed by atoms with van der Waals surface area (Å²) >= 11 is 0. The molecule has 0 aliphatic carbocycles.